The van der Waals surface area contributed by atoms with Gasteiger partial charge in [-0.3, -0.25) is 4.79 Å². The third kappa shape index (κ3) is 4.53. The molecule has 1 aromatic carbocycles. The number of nitrogens with zero attached hydrogens (tertiary/aromatic N) is 1. The molecule has 2 rings (SSSR count). The van der Waals surface area contributed by atoms with Gasteiger partial charge >= 0.3 is 0 Å². The average molecular weight is 303 g/mol. The molecule has 0 bridgehead atoms. The molecule has 0 atom stereocenters. The van der Waals surface area contributed by atoms with Gasteiger partial charge in [0.15, 0.2) is 0 Å². The zero-order valence-corrected chi connectivity index (χ0v) is 12.4. The first-order chi connectivity index (χ1) is 8.33. The van der Waals surface area contributed by atoms with Crippen LogP contribution in [0.1, 0.15) is 18.4 Å². The van der Waals surface area contributed by atoms with E-state index in [1.54, 1.807) is 6.08 Å². The second-order valence-corrected chi connectivity index (χ2v) is 4.18. The molecule has 1 aliphatic rings. The second kappa shape index (κ2) is 8.97. The molecule has 5 heteroatoms. The van der Waals surface area contributed by atoms with Crippen LogP contribution in [0.3, 0.4) is 0 Å². The maximum Gasteiger partial charge on any atom is 0.227 e. The van der Waals surface area contributed by atoms with Gasteiger partial charge in [0.25, 0.3) is 0 Å². The quantitative estimate of drug-likeness (QED) is 0.871. The number of hydrogen-bond donors (Lipinski definition) is 1. The molecule has 0 radical (unpaired) electrons. The average Bonchev–Trinajstić information content (AvgIpc) is 2.58. The Morgan fingerprint density at radius 3 is 2.84 bits per heavy atom. The van der Waals surface area contributed by atoms with Gasteiger partial charge in [0.2, 0.25) is 5.91 Å². The highest BCUT2D eigenvalue weighted by Gasteiger charge is 2.19. The van der Waals surface area contributed by atoms with E-state index in [9.17, 15) is 4.79 Å². The number of rotatable bonds is 3. The molecule has 0 unspecified atom stereocenters. The summed E-state index contributed by atoms with van der Waals surface area (Å²) in [5.41, 5.74) is 2.24. The van der Waals surface area contributed by atoms with Gasteiger partial charge in [0, 0.05) is 31.7 Å². The van der Waals surface area contributed by atoms with Crippen molar-refractivity contribution in [2.45, 2.75) is 19.4 Å². The van der Waals surface area contributed by atoms with Crippen LogP contribution in [-0.4, -0.2) is 19.0 Å². The third-order valence-corrected chi connectivity index (χ3v) is 2.97. The van der Waals surface area contributed by atoms with E-state index in [0.717, 1.165) is 31.7 Å². The highest BCUT2D eigenvalue weighted by molar-refractivity contribution is 5.94. The van der Waals surface area contributed by atoms with Gasteiger partial charge in [0.05, 0.1) is 0 Å². The lowest BCUT2D eigenvalue weighted by Gasteiger charge is -2.22. The first kappa shape index (κ1) is 18.0. The summed E-state index contributed by atoms with van der Waals surface area (Å²) in [6, 6.07) is 8.09. The van der Waals surface area contributed by atoms with Crippen LogP contribution in [0.5, 0.6) is 0 Å². The molecule has 0 saturated carbocycles. The van der Waals surface area contributed by atoms with Crippen LogP contribution in [0, 0.1) is 0 Å². The van der Waals surface area contributed by atoms with Gasteiger partial charge in [-0.05, 0) is 18.1 Å². The molecular weight excluding hydrogens is 283 g/mol. The minimum atomic E-state index is 0. The van der Waals surface area contributed by atoms with Crippen molar-refractivity contribution < 1.29 is 4.79 Å². The third-order valence-electron chi connectivity index (χ3n) is 2.97. The predicted molar refractivity (Wildman–Crippen MR) is 84.4 cm³/mol. The molecule has 1 amide bonds. The Kier molecular flexibility index (Phi) is 8.48. The minimum absolute atomic E-state index is 0. The molecular formula is C14H20Cl2N2O. The number of halogens is 2. The number of anilines is 1. The van der Waals surface area contributed by atoms with Crippen LogP contribution in [0.2, 0.25) is 0 Å². The zero-order chi connectivity index (χ0) is 12.1. The fourth-order valence-corrected chi connectivity index (χ4v) is 2.08. The van der Waals surface area contributed by atoms with Crippen molar-refractivity contribution in [3.8, 4) is 0 Å². The fourth-order valence-electron chi connectivity index (χ4n) is 2.08. The summed E-state index contributed by atoms with van der Waals surface area (Å²) in [5.74, 6) is 0.182. The summed E-state index contributed by atoms with van der Waals surface area (Å²) in [5, 5.41) is 3.33. The molecule has 3 nitrogen and oxygen atoms in total. The molecule has 1 aromatic rings. The molecule has 106 valence electrons. The van der Waals surface area contributed by atoms with E-state index in [2.05, 4.69) is 18.0 Å². The molecule has 0 fully saturated rings. The van der Waals surface area contributed by atoms with Gasteiger partial charge in [-0.25, -0.2) is 0 Å². The Hall–Kier alpha value is -1.03. The van der Waals surface area contributed by atoms with Crippen LogP contribution in [0.4, 0.5) is 5.69 Å². The van der Waals surface area contributed by atoms with E-state index in [0.29, 0.717) is 6.42 Å². The lowest BCUT2D eigenvalue weighted by molar-refractivity contribution is -0.118. The number of amides is 1. The van der Waals surface area contributed by atoms with Crippen molar-refractivity contribution in [3.05, 3.63) is 42.5 Å². The second-order valence-electron chi connectivity index (χ2n) is 4.18. The number of carbonyl (C=O) groups is 1. The monoisotopic (exact) mass is 302 g/mol. The summed E-state index contributed by atoms with van der Waals surface area (Å²) in [7, 11) is 0. The number of para-hydroxylation sites is 1. The highest BCUT2D eigenvalue weighted by atomic mass is 35.5. The number of nitrogens with one attached hydrogen (secondary N) is 1. The Bertz CT molecular complexity index is 424. The number of benzene rings is 1. The predicted octanol–water partition coefficient (Wildman–Crippen LogP) is 2.93. The Morgan fingerprint density at radius 2 is 2.11 bits per heavy atom. The van der Waals surface area contributed by atoms with E-state index >= 15 is 0 Å². The summed E-state index contributed by atoms with van der Waals surface area (Å²) in [6.45, 7) is 6.08. The van der Waals surface area contributed by atoms with Crippen molar-refractivity contribution in [1.82, 2.24) is 5.32 Å². The van der Waals surface area contributed by atoms with Gasteiger partial charge in [0.1, 0.15) is 0 Å². The van der Waals surface area contributed by atoms with E-state index in [4.69, 9.17) is 0 Å². The van der Waals surface area contributed by atoms with Gasteiger partial charge in [-0.1, -0.05) is 24.3 Å². The molecule has 19 heavy (non-hydrogen) atoms. The lowest BCUT2D eigenvalue weighted by Crippen LogP contribution is -2.34. The maximum absolute atomic E-state index is 12.1. The summed E-state index contributed by atoms with van der Waals surface area (Å²) >= 11 is 0. The normalized spacial score (nSPS) is 13.4. The van der Waals surface area contributed by atoms with Crippen LogP contribution in [0.15, 0.2) is 36.9 Å². The lowest BCUT2D eigenvalue weighted by atomic mass is 10.1. The van der Waals surface area contributed by atoms with Crippen LogP contribution in [0.25, 0.3) is 0 Å². The summed E-state index contributed by atoms with van der Waals surface area (Å²) < 4.78 is 0. The van der Waals surface area contributed by atoms with Crippen molar-refractivity contribution in [2.24, 2.45) is 0 Å². The standard InChI is InChI=1S/C14H18N2O.2ClH/c1-2-3-8-14(17)16-10-9-15-11-12-6-4-5-7-13(12)16;;/h2,4-7,15H,1,3,8-11H2;2*1H. The molecule has 0 aliphatic carbocycles. The van der Waals surface area contributed by atoms with E-state index in [1.807, 2.05) is 23.1 Å². The molecule has 1 heterocycles. The van der Waals surface area contributed by atoms with Gasteiger partial charge in [-0.2, -0.15) is 0 Å². The van der Waals surface area contributed by atoms with E-state index < -0.39 is 0 Å². The first-order valence-electron chi connectivity index (χ1n) is 6.03. The highest BCUT2D eigenvalue weighted by Crippen LogP contribution is 2.22. The van der Waals surface area contributed by atoms with Crippen molar-refractivity contribution >= 4 is 36.4 Å². The molecule has 0 spiro atoms. The summed E-state index contributed by atoms with van der Waals surface area (Å²) in [4.78, 5) is 14.0. The Labute approximate surface area is 126 Å². The Balaban J connectivity index is 0.00000162. The smallest absolute Gasteiger partial charge is 0.227 e. The van der Waals surface area contributed by atoms with Crippen molar-refractivity contribution in [3.63, 3.8) is 0 Å². The first-order valence-corrected chi connectivity index (χ1v) is 6.03. The molecule has 1 aliphatic heterocycles. The van der Waals surface area contributed by atoms with Crippen molar-refractivity contribution in [2.75, 3.05) is 18.0 Å². The zero-order valence-electron chi connectivity index (χ0n) is 10.8. The number of carbonyl (C=O) groups excluding carboxylic acids is 1. The van der Waals surface area contributed by atoms with E-state index in [-0.39, 0.29) is 30.7 Å². The molecule has 1 N–H and O–H groups in total. The number of allylic oxidation sites excluding steroid dienone is 1. The minimum Gasteiger partial charge on any atom is -0.311 e. The number of hydrogen-bond acceptors (Lipinski definition) is 2. The SMILES string of the molecule is C=CCCC(=O)N1CCNCc2ccccc21.Cl.Cl. The Morgan fingerprint density at radius 1 is 1.37 bits per heavy atom. The summed E-state index contributed by atoms with van der Waals surface area (Å²) in [6.07, 6.45) is 3.07. The molecule has 0 saturated heterocycles. The topological polar surface area (TPSA) is 32.3 Å². The van der Waals surface area contributed by atoms with Gasteiger partial charge in [-0.15, -0.1) is 31.4 Å². The molecule has 0 aromatic heterocycles. The van der Waals surface area contributed by atoms with Crippen molar-refractivity contribution in [1.29, 1.82) is 0 Å². The van der Waals surface area contributed by atoms with E-state index in [1.165, 1.54) is 5.56 Å². The maximum atomic E-state index is 12.1. The van der Waals surface area contributed by atoms with Gasteiger partial charge < -0.3 is 10.2 Å². The number of fused-ring (bicyclic) bond motifs is 1. The van der Waals surface area contributed by atoms with Crippen LogP contribution in [-0.2, 0) is 11.3 Å². The fraction of sp³-hybridized carbons (Fsp3) is 0.357. The largest absolute Gasteiger partial charge is 0.311 e. The van der Waals surface area contributed by atoms with Crippen LogP contribution >= 0.6 is 24.8 Å². The van der Waals surface area contributed by atoms with Crippen LogP contribution < -0.4 is 10.2 Å².